The number of anilines is 1. The minimum atomic E-state index is -3.31. The van der Waals surface area contributed by atoms with Gasteiger partial charge in [0.25, 0.3) is 0 Å². The maximum Gasteiger partial charge on any atom is 0.213 e. The molecule has 178 valence electrons. The third kappa shape index (κ3) is 8.20. The van der Waals surface area contributed by atoms with Crippen molar-refractivity contribution in [2.75, 3.05) is 18.4 Å². The monoisotopic (exact) mass is 481 g/mol. The summed E-state index contributed by atoms with van der Waals surface area (Å²) < 4.78 is 53.1. The standard InChI is InChI=1S/C23H35N3O4S2/c1-18(2)31(27,28)24-16-14-20-10-12-22(13-11-20)26-23(21-8-6-5-7-9-21)15-17-25-32(29,30)19(3)4/h5-13,18-19,23-26H,14-17H2,1-4H3. The van der Waals surface area contributed by atoms with Crippen molar-refractivity contribution in [3.05, 3.63) is 65.7 Å². The van der Waals surface area contributed by atoms with Crippen LogP contribution >= 0.6 is 0 Å². The first-order chi connectivity index (χ1) is 15.0. The number of hydrogen-bond acceptors (Lipinski definition) is 5. The molecule has 0 amide bonds. The van der Waals surface area contributed by atoms with Crippen molar-refractivity contribution in [3.8, 4) is 0 Å². The summed E-state index contributed by atoms with van der Waals surface area (Å²) in [4.78, 5) is 0. The molecule has 2 aromatic rings. The molecule has 2 rings (SSSR count). The summed E-state index contributed by atoms with van der Waals surface area (Å²) in [6.45, 7) is 7.31. The van der Waals surface area contributed by atoms with Crippen molar-refractivity contribution >= 4 is 25.7 Å². The number of nitrogens with one attached hydrogen (secondary N) is 3. The summed E-state index contributed by atoms with van der Waals surface area (Å²) in [5.74, 6) is 0. The first-order valence-electron chi connectivity index (χ1n) is 10.9. The fourth-order valence-corrected chi connectivity index (χ4v) is 4.45. The molecular weight excluding hydrogens is 446 g/mol. The lowest BCUT2D eigenvalue weighted by Crippen LogP contribution is -2.32. The van der Waals surface area contributed by atoms with E-state index in [-0.39, 0.29) is 6.04 Å². The Labute approximate surface area is 193 Å². The number of sulfonamides is 2. The molecule has 1 unspecified atom stereocenters. The van der Waals surface area contributed by atoms with Crippen molar-refractivity contribution < 1.29 is 16.8 Å². The van der Waals surface area contributed by atoms with Gasteiger partial charge in [-0.1, -0.05) is 42.5 Å². The van der Waals surface area contributed by atoms with Crippen molar-refractivity contribution in [3.63, 3.8) is 0 Å². The largest absolute Gasteiger partial charge is 0.378 e. The van der Waals surface area contributed by atoms with Crippen LogP contribution in [0.15, 0.2) is 54.6 Å². The summed E-state index contributed by atoms with van der Waals surface area (Å²) in [6.07, 6.45) is 1.19. The van der Waals surface area contributed by atoms with E-state index in [2.05, 4.69) is 14.8 Å². The van der Waals surface area contributed by atoms with E-state index in [1.807, 2.05) is 54.6 Å². The van der Waals surface area contributed by atoms with Gasteiger partial charge in [0, 0.05) is 18.8 Å². The maximum absolute atomic E-state index is 12.1. The highest BCUT2D eigenvalue weighted by Gasteiger charge is 2.17. The predicted molar refractivity (Wildman–Crippen MR) is 132 cm³/mol. The molecule has 0 heterocycles. The molecule has 0 spiro atoms. The Balaban J connectivity index is 2.00. The van der Waals surface area contributed by atoms with Crippen LogP contribution in [-0.4, -0.2) is 40.4 Å². The fraction of sp³-hybridized carbons (Fsp3) is 0.478. The summed E-state index contributed by atoms with van der Waals surface area (Å²) in [5.41, 5.74) is 3.02. The minimum Gasteiger partial charge on any atom is -0.378 e. The third-order valence-electron chi connectivity index (χ3n) is 5.19. The molecule has 0 aliphatic carbocycles. The predicted octanol–water partition coefficient (Wildman–Crippen LogP) is 3.43. The summed E-state index contributed by atoms with van der Waals surface area (Å²) >= 11 is 0. The van der Waals surface area contributed by atoms with Gasteiger partial charge in [-0.05, 0) is 63.8 Å². The molecule has 2 aromatic carbocycles. The van der Waals surface area contributed by atoms with Crippen LogP contribution < -0.4 is 14.8 Å². The van der Waals surface area contributed by atoms with Gasteiger partial charge in [-0.25, -0.2) is 26.3 Å². The Kier molecular flexibility index (Phi) is 9.69. The van der Waals surface area contributed by atoms with E-state index < -0.39 is 30.5 Å². The molecule has 0 radical (unpaired) electrons. The van der Waals surface area contributed by atoms with Crippen LogP contribution in [0, 0.1) is 0 Å². The van der Waals surface area contributed by atoms with Gasteiger partial charge in [0.1, 0.15) is 0 Å². The lowest BCUT2D eigenvalue weighted by Gasteiger charge is -2.21. The Morgan fingerprint density at radius 2 is 1.25 bits per heavy atom. The zero-order chi connectivity index (χ0) is 23.8. The van der Waals surface area contributed by atoms with Gasteiger partial charge >= 0.3 is 0 Å². The highest BCUT2D eigenvalue weighted by atomic mass is 32.2. The fourth-order valence-electron chi connectivity index (χ4n) is 2.99. The zero-order valence-corrected chi connectivity index (χ0v) is 20.8. The molecule has 9 heteroatoms. The first kappa shape index (κ1) is 26.3. The van der Waals surface area contributed by atoms with Crippen LogP contribution in [0.25, 0.3) is 0 Å². The van der Waals surface area contributed by atoms with E-state index in [1.165, 1.54) is 0 Å². The van der Waals surface area contributed by atoms with Crippen LogP contribution in [0.5, 0.6) is 0 Å². The van der Waals surface area contributed by atoms with E-state index in [0.29, 0.717) is 25.9 Å². The molecule has 0 fully saturated rings. The van der Waals surface area contributed by atoms with Gasteiger partial charge in [-0.2, -0.15) is 0 Å². The van der Waals surface area contributed by atoms with E-state index in [0.717, 1.165) is 16.8 Å². The van der Waals surface area contributed by atoms with E-state index >= 15 is 0 Å². The van der Waals surface area contributed by atoms with Gasteiger partial charge in [-0.15, -0.1) is 0 Å². The molecule has 7 nitrogen and oxygen atoms in total. The van der Waals surface area contributed by atoms with Crippen LogP contribution in [-0.2, 0) is 26.5 Å². The molecule has 0 saturated carbocycles. The molecule has 1 atom stereocenters. The molecule has 3 N–H and O–H groups in total. The van der Waals surface area contributed by atoms with Crippen LogP contribution in [0.3, 0.4) is 0 Å². The normalized spacial score (nSPS) is 13.4. The molecule has 32 heavy (non-hydrogen) atoms. The molecule has 0 aromatic heterocycles. The second-order valence-electron chi connectivity index (χ2n) is 8.32. The second kappa shape index (κ2) is 11.8. The van der Waals surface area contributed by atoms with Gasteiger partial charge in [0.05, 0.1) is 16.5 Å². The summed E-state index contributed by atoms with van der Waals surface area (Å²) in [6, 6.07) is 17.7. The van der Waals surface area contributed by atoms with Gasteiger partial charge in [-0.3, -0.25) is 0 Å². The van der Waals surface area contributed by atoms with E-state index in [9.17, 15) is 16.8 Å². The lowest BCUT2D eigenvalue weighted by molar-refractivity contribution is 0.565. The number of rotatable bonds is 13. The maximum atomic E-state index is 12.1. The molecule has 0 aliphatic heterocycles. The highest BCUT2D eigenvalue weighted by molar-refractivity contribution is 7.90. The van der Waals surface area contributed by atoms with Gasteiger partial charge in [0.15, 0.2) is 0 Å². The lowest BCUT2D eigenvalue weighted by atomic mass is 10.0. The quantitative estimate of drug-likeness (QED) is 0.407. The zero-order valence-electron chi connectivity index (χ0n) is 19.2. The van der Waals surface area contributed by atoms with Crippen molar-refractivity contribution in [2.45, 2.75) is 57.1 Å². The van der Waals surface area contributed by atoms with Crippen LogP contribution in [0.4, 0.5) is 5.69 Å². The topological polar surface area (TPSA) is 104 Å². The number of hydrogen-bond donors (Lipinski definition) is 3. The SMILES string of the molecule is CC(C)S(=O)(=O)NCCc1ccc(NC(CCNS(=O)(=O)C(C)C)c2ccccc2)cc1. The second-order valence-corrected chi connectivity index (χ2v) is 13.0. The van der Waals surface area contributed by atoms with Crippen LogP contribution in [0.1, 0.15) is 51.3 Å². The van der Waals surface area contributed by atoms with Gasteiger partial charge < -0.3 is 5.32 Å². The Hall–Kier alpha value is -1.94. The summed E-state index contributed by atoms with van der Waals surface area (Å²) in [5, 5.41) is 2.57. The first-order valence-corrected chi connectivity index (χ1v) is 14.0. The van der Waals surface area contributed by atoms with Crippen molar-refractivity contribution in [1.29, 1.82) is 0 Å². The van der Waals surface area contributed by atoms with Crippen molar-refractivity contribution in [1.82, 2.24) is 9.44 Å². The smallest absolute Gasteiger partial charge is 0.213 e. The Morgan fingerprint density at radius 1 is 0.719 bits per heavy atom. The summed E-state index contributed by atoms with van der Waals surface area (Å²) in [7, 11) is -6.57. The molecule has 0 aliphatic rings. The van der Waals surface area contributed by atoms with Crippen LogP contribution in [0.2, 0.25) is 0 Å². The highest BCUT2D eigenvalue weighted by Crippen LogP contribution is 2.23. The molecule has 0 bridgehead atoms. The Morgan fingerprint density at radius 3 is 1.78 bits per heavy atom. The van der Waals surface area contributed by atoms with Crippen molar-refractivity contribution in [2.24, 2.45) is 0 Å². The number of benzene rings is 2. The minimum absolute atomic E-state index is 0.0604. The van der Waals surface area contributed by atoms with Gasteiger partial charge in [0.2, 0.25) is 20.0 Å². The average molecular weight is 482 g/mol. The third-order valence-corrected chi connectivity index (χ3v) is 8.89. The molecular formula is C23H35N3O4S2. The molecule has 0 saturated heterocycles. The Bertz CT molecular complexity index is 1040. The van der Waals surface area contributed by atoms with E-state index in [4.69, 9.17) is 0 Å². The van der Waals surface area contributed by atoms with E-state index in [1.54, 1.807) is 27.7 Å². The average Bonchev–Trinajstić information content (AvgIpc) is 2.74.